The lowest BCUT2D eigenvalue weighted by Crippen LogP contribution is -2.22. The number of pyridine rings is 1. The highest BCUT2D eigenvalue weighted by Gasteiger charge is 2.34. The number of carbonyl (C=O) groups excluding carboxylic acids is 1. The van der Waals surface area contributed by atoms with Crippen molar-refractivity contribution in [2.24, 2.45) is 0 Å². The number of benzene rings is 1. The molecule has 0 radical (unpaired) electrons. The average Bonchev–Trinajstić information content (AvgIpc) is 2.96. The van der Waals surface area contributed by atoms with Crippen molar-refractivity contribution in [1.29, 1.82) is 0 Å². The molecule has 3 aromatic rings. The molecule has 146 valence electrons. The van der Waals surface area contributed by atoms with Gasteiger partial charge in [0, 0.05) is 12.5 Å². The second kappa shape index (κ2) is 7.26. The van der Waals surface area contributed by atoms with Gasteiger partial charge in [-0.3, -0.25) is 14.7 Å². The van der Waals surface area contributed by atoms with Gasteiger partial charge in [-0.25, -0.2) is 9.97 Å². The van der Waals surface area contributed by atoms with Crippen LogP contribution < -0.4 is 5.32 Å². The van der Waals surface area contributed by atoms with Crippen LogP contribution in [-0.2, 0) is 17.4 Å². The predicted molar refractivity (Wildman–Crippen MR) is 98.8 cm³/mol. The zero-order valence-electron chi connectivity index (χ0n) is 15.0. The average molecular weight is 388 g/mol. The van der Waals surface area contributed by atoms with E-state index in [1.54, 1.807) is 4.57 Å². The molecule has 28 heavy (non-hydrogen) atoms. The number of aryl methyl sites for hydroxylation is 1. The summed E-state index contributed by atoms with van der Waals surface area (Å²) in [5, 5.41) is 2.77. The van der Waals surface area contributed by atoms with E-state index < -0.39 is 11.9 Å². The van der Waals surface area contributed by atoms with Gasteiger partial charge in [-0.1, -0.05) is 30.3 Å². The molecular weight excluding hydrogens is 369 g/mol. The molecule has 1 saturated carbocycles. The molecule has 1 fully saturated rings. The minimum atomic E-state index is -4.53. The zero-order valence-corrected chi connectivity index (χ0v) is 15.0. The van der Waals surface area contributed by atoms with Crippen LogP contribution in [0.15, 0.2) is 42.5 Å². The van der Waals surface area contributed by atoms with E-state index in [1.807, 2.05) is 30.3 Å². The third-order valence-corrected chi connectivity index (χ3v) is 5.00. The SMILES string of the molecule is O=C(CCc1ccccc1)Nc1nc2ccc(C(F)(F)F)nc2n1C1CCC1. The molecule has 0 spiro atoms. The Kier molecular flexibility index (Phi) is 4.78. The quantitative estimate of drug-likeness (QED) is 0.686. The molecule has 0 unspecified atom stereocenters. The summed E-state index contributed by atoms with van der Waals surface area (Å²) in [6.07, 6.45) is -1.04. The summed E-state index contributed by atoms with van der Waals surface area (Å²) in [5.41, 5.74) is 0.597. The highest BCUT2D eigenvalue weighted by molar-refractivity contribution is 5.91. The summed E-state index contributed by atoms with van der Waals surface area (Å²) >= 11 is 0. The van der Waals surface area contributed by atoms with Crippen LogP contribution in [0.4, 0.5) is 19.1 Å². The normalized spacial score (nSPS) is 14.8. The lowest BCUT2D eigenvalue weighted by molar-refractivity contribution is -0.141. The standard InChI is InChI=1S/C20H19F3N4O/c21-20(22,23)16-11-10-15-18(25-16)27(14-7-4-8-14)19(24-15)26-17(28)12-9-13-5-2-1-3-6-13/h1-3,5-6,10-11,14H,4,7-9,12H2,(H,24,26,28). The first-order chi connectivity index (χ1) is 13.4. The van der Waals surface area contributed by atoms with Crippen LogP contribution in [0.5, 0.6) is 0 Å². The van der Waals surface area contributed by atoms with E-state index in [4.69, 9.17) is 0 Å². The molecule has 1 aromatic carbocycles. The number of alkyl halides is 3. The molecule has 2 aromatic heterocycles. The number of fused-ring (bicyclic) bond motifs is 1. The molecule has 5 nitrogen and oxygen atoms in total. The van der Waals surface area contributed by atoms with Crippen LogP contribution in [0.3, 0.4) is 0 Å². The summed E-state index contributed by atoms with van der Waals surface area (Å²) in [4.78, 5) is 20.5. The number of hydrogen-bond acceptors (Lipinski definition) is 3. The van der Waals surface area contributed by atoms with Crippen LogP contribution >= 0.6 is 0 Å². The number of nitrogens with one attached hydrogen (secondary N) is 1. The fourth-order valence-corrected chi connectivity index (χ4v) is 3.30. The van der Waals surface area contributed by atoms with Gasteiger partial charge in [-0.2, -0.15) is 13.2 Å². The summed E-state index contributed by atoms with van der Waals surface area (Å²) in [7, 11) is 0. The van der Waals surface area contributed by atoms with Crippen LogP contribution in [-0.4, -0.2) is 20.4 Å². The van der Waals surface area contributed by atoms with E-state index in [0.717, 1.165) is 30.9 Å². The fourth-order valence-electron chi connectivity index (χ4n) is 3.30. The van der Waals surface area contributed by atoms with E-state index in [9.17, 15) is 18.0 Å². The first-order valence-corrected chi connectivity index (χ1v) is 9.22. The van der Waals surface area contributed by atoms with Gasteiger partial charge < -0.3 is 0 Å². The van der Waals surface area contributed by atoms with Crippen molar-refractivity contribution in [1.82, 2.24) is 14.5 Å². The van der Waals surface area contributed by atoms with E-state index >= 15 is 0 Å². The number of anilines is 1. The van der Waals surface area contributed by atoms with Crippen molar-refractivity contribution in [2.45, 2.75) is 44.3 Å². The monoisotopic (exact) mass is 388 g/mol. The largest absolute Gasteiger partial charge is 0.433 e. The van der Waals surface area contributed by atoms with Crippen molar-refractivity contribution in [3.63, 3.8) is 0 Å². The molecule has 0 aliphatic heterocycles. The number of halogens is 3. The van der Waals surface area contributed by atoms with Crippen LogP contribution in [0.25, 0.3) is 11.2 Å². The summed E-state index contributed by atoms with van der Waals surface area (Å²) < 4.78 is 40.8. The van der Waals surface area contributed by atoms with Gasteiger partial charge in [0.15, 0.2) is 5.65 Å². The second-order valence-electron chi connectivity index (χ2n) is 6.96. The maximum Gasteiger partial charge on any atom is 0.433 e. The minimum absolute atomic E-state index is 0.00501. The molecule has 0 saturated heterocycles. The molecule has 0 atom stereocenters. The highest BCUT2D eigenvalue weighted by Crippen LogP contribution is 2.37. The Morgan fingerprint density at radius 2 is 1.86 bits per heavy atom. The number of nitrogens with zero attached hydrogens (tertiary/aromatic N) is 3. The first kappa shape index (κ1) is 18.5. The number of carbonyl (C=O) groups is 1. The van der Waals surface area contributed by atoms with Gasteiger partial charge in [0.2, 0.25) is 11.9 Å². The van der Waals surface area contributed by atoms with Crippen molar-refractivity contribution in [3.05, 3.63) is 53.7 Å². The van der Waals surface area contributed by atoms with Gasteiger partial charge in [-0.15, -0.1) is 0 Å². The molecule has 0 bridgehead atoms. The smallest absolute Gasteiger partial charge is 0.296 e. The Balaban J connectivity index is 1.59. The van der Waals surface area contributed by atoms with Gasteiger partial charge in [-0.05, 0) is 43.4 Å². The maximum atomic E-state index is 13.1. The van der Waals surface area contributed by atoms with Crippen molar-refractivity contribution >= 4 is 23.0 Å². The minimum Gasteiger partial charge on any atom is -0.296 e. The van der Waals surface area contributed by atoms with Crippen molar-refractivity contribution < 1.29 is 18.0 Å². The molecule has 8 heteroatoms. The molecule has 1 aliphatic rings. The summed E-state index contributed by atoms with van der Waals surface area (Å²) in [6, 6.07) is 11.8. The van der Waals surface area contributed by atoms with Crippen molar-refractivity contribution in [3.8, 4) is 0 Å². The Morgan fingerprint density at radius 3 is 2.50 bits per heavy atom. The highest BCUT2D eigenvalue weighted by atomic mass is 19.4. The fraction of sp³-hybridized carbons (Fsp3) is 0.350. The van der Waals surface area contributed by atoms with Crippen molar-refractivity contribution in [2.75, 3.05) is 5.32 Å². The van der Waals surface area contributed by atoms with E-state index in [0.29, 0.717) is 11.9 Å². The maximum absolute atomic E-state index is 13.1. The van der Waals surface area contributed by atoms with E-state index in [2.05, 4.69) is 15.3 Å². The number of amides is 1. The molecule has 1 N–H and O–H groups in total. The Labute approximate surface area is 159 Å². The number of aromatic nitrogens is 3. The Morgan fingerprint density at radius 1 is 1.11 bits per heavy atom. The second-order valence-corrected chi connectivity index (χ2v) is 6.96. The molecule has 1 amide bonds. The van der Waals surface area contributed by atoms with Gasteiger partial charge >= 0.3 is 6.18 Å². The number of rotatable bonds is 5. The van der Waals surface area contributed by atoms with Gasteiger partial charge in [0.05, 0.1) is 0 Å². The third kappa shape index (κ3) is 3.72. The number of hydrogen-bond donors (Lipinski definition) is 1. The molecule has 1 aliphatic carbocycles. The topological polar surface area (TPSA) is 59.8 Å². The molecule has 2 heterocycles. The van der Waals surface area contributed by atoms with Gasteiger partial charge in [0.1, 0.15) is 11.2 Å². The Bertz CT molecular complexity index is 994. The summed E-state index contributed by atoms with van der Waals surface area (Å²) in [5.74, 6) is 0.0420. The van der Waals surface area contributed by atoms with Crippen LogP contribution in [0, 0.1) is 0 Å². The third-order valence-electron chi connectivity index (χ3n) is 5.00. The van der Waals surface area contributed by atoms with Crippen LogP contribution in [0.2, 0.25) is 0 Å². The van der Waals surface area contributed by atoms with Crippen LogP contribution in [0.1, 0.15) is 43.0 Å². The number of imidazole rings is 1. The lowest BCUT2D eigenvalue weighted by atomic mass is 9.93. The van der Waals surface area contributed by atoms with Gasteiger partial charge in [0.25, 0.3) is 0 Å². The molecular formula is C20H19F3N4O. The molecule has 4 rings (SSSR count). The van der Waals surface area contributed by atoms with E-state index in [1.165, 1.54) is 6.07 Å². The predicted octanol–water partition coefficient (Wildman–Crippen LogP) is 4.75. The summed E-state index contributed by atoms with van der Waals surface area (Å²) in [6.45, 7) is 0. The lowest BCUT2D eigenvalue weighted by Gasteiger charge is -2.28. The van der Waals surface area contributed by atoms with E-state index in [-0.39, 0.29) is 30.0 Å². The zero-order chi connectivity index (χ0) is 19.7. The first-order valence-electron chi connectivity index (χ1n) is 9.22. The Hall–Kier alpha value is -2.90.